The third kappa shape index (κ3) is 3.73. The minimum atomic E-state index is -0.905. The highest BCUT2D eigenvalue weighted by molar-refractivity contribution is 5.78. The molecule has 0 bridgehead atoms. The molecule has 1 heterocycles. The molecule has 1 aliphatic heterocycles. The van der Waals surface area contributed by atoms with E-state index in [1.165, 1.54) is 0 Å². The fraction of sp³-hybridized carbons (Fsp3) is 0.909. The van der Waals surface area contributed by atoms with Crippen LogP contribution in [0.3, 0.4) is 0 Å². The van der Waals surface area contributed by atoms with Gasteiger partial charge in [0.1, 0.15) is 5.54 Å². The van der Waals surface area contributed by atoms with Gasteiger partial charge in [0.15, 0.2) is 0 Å². The Hall–Kier alpha value is -0.650. The molecule has 1 atom stereocenters. The van der Waals surface area contributed by atoms with E-state index in [-0.39, 0.29) is 6.04 Å². The van der Waals surface area contributed by atoms with Crippen LogP contribution in [-0.4, -0.2) is 49.6 Å². The molecule has 0 saturated carbocycles. The second-order valence-corrected chi connectivity index (χ2v) is 4.41. The number of carboxylic acid groups (broad SMARTS) is 1. The van der Waals surface area contributed by atoms with E-state index in [2.05, 4.69) is 5.32 Å². The lowest BCUT2D eigenvalue weighted by Crippen LogP contribution is -2.55. The van der Waals surface area contributed by atoms with Gasteiger partial charge in [0, 0.05) is 33.0 Å². The van der Waals surface area contributed by atoms with Gasteiger partial charge in [-0.15, -0.1) is 0 Å². The molecule has 2 N–H and O–H groups in total. The highest BCUT2D eigenvalue weighted by Crippen LogP contribution is 2.16. The number of methoxy groups -OCH3 is 1. The Kier molecular flexibility index (Phi) is 5.18. The third-order valence-corrected chi connectivity index (χ3v) is 3.02. The van der Waals surface area contributed by atoms with Gasteiger partial charge in [-0.1, -0.05) is 0 Å². The highest BCUT2D eigenvalue weighted by Gasteiger charge is 2.35. The molecule has 1 saturated heterocycles. The van der Waals surface area contributed by atoms with E-state index in [1.807, 2.05) is 0 Å². The fourth-order valence-electron chi connectivity index (χ4n) is 1.84. The van der Waals surface area contributed by atoms with E-state index in [4.69, 9.17) is 9.47 Å². The number of hydrogen-bond acceptors (Lipinski definition) is 4. The predicted octanol–water partition coefficient (Wildman–Crippen LogP) is 0.635. The summed E-state index contributed by atoms with van der Waals surface area (Å²) in [4.78, 5) is 11.3. The zero-order valence-corrected chi connectivity index (χ0v) is 9.99. The number of carboxylic acids is 1. The maximum Gasteiger partial charge on any atom is 0.323 e. The van der Waals surface area contributed by atoms with Crippen LogP contribution in [0.1, 0.15) is 26.2 Å². The summed E-state index contributed by atoms with van der Waals surface area (Å²) in [7, 11) is 1.58. The van der Waals surface area contributed by atoms with E-state index in [1.54, 1.807) is 14.0 Å². The molecule has 5 heteroatoms. The van der Waals surface area contributed by atoms with Crippen molar-refractivity contribution in [2.45, 2.75) is 37.8 Å². The summed E-state index contributed by atoms with van der Waals surface area (Å²) in [6.45, 7) is 3.57. The number of nitrogens with one attached hydrogen (secondary N) is 1. The van der Waals surface area contributed by atoms with Gasteiger partial charge in [0.2, 0.25) is 0 Å². The van der Waals surface area contributed by atoms with Crippen molar-refractivity contribution in [3.63, 3.8) is 0 Å². The first-order valence-electron chi connectivity index (χ1n) is 5.66. The van der Waals surface area contributed by atoms with Crippen LogP contribution in [0.15, 0.2) is 0 Å². The van der Waals surface area contributed by atoms with Crippen molar-refractivity contribution in [2.24, 2.45) is 0 Å². The van der Waals surface area contributed by atoms with Crippen molar-refractivity contribution in [1.82, 2.24) is 5.32 Å². The van der Waals surface area contributed by atoms with Gasteiger partial charge in [-0.3, -0.25) is 10.1 Å². The van der Waals surface area contributed by atoms with Crippen LogP contribution >= 0.6 is 0 Å². The summed E-state index contributed by atoms with van der Waals surface area (Å²) in [6, 6.07) is 0.228. The summed E-state index contributed by atoms with van der Waals surface area (Å²) in [5.74, 6) is -0.823. The lowest BCUT2D eigenvalue weighted by molar-refractivity contribution is -0.145. The van der Waals surface area contributed by atoms with Gasteiger partial charge < -0.3 is 14.6 Å². The van der Waals surface area contributed by atoms with Crippen molar-refractivity contribution < 1.29 is 19.4 Å². The molecule has 0 aromatic heterocycles. The van der Waals surface area contributed by atoms with Crippen LogP contribution in [0.2, 0.25) is 0 Å². The zero-order valence-electron chi connectivity index (χ0n) is 9.99. The smallest absolute Gasteiger partial charge is 0.323 e. The standard InChI is InChI=1S/C11H21NO4/c1-11(10(13)14,5-8-15-2)12-9-3-6-16-7-4-9/h9,12H,3-8H2,1-2H3,(H,13,14). The Morgan fingerprint density at radius 3 is 2.69 bits per heavy atom. The number of hydrogen-bond donors (Lipinski definition) is 2. The second-order valence-electron chi connectivity index (χ2n) is 4.41. The van der Waals surface area contributed by atoms with Crippen LogP contribution in [-0.2, 0) is 14.3 Å². The summed E-state index contributed by atoms with van der Waals surface area (Å²) >= 11 is 0. The van der Waals surface area contributed by atoms with Crippen molar-refractivity contribution in [3.8, 4) is 0 Å². The van der Waals surface area contributed by atoms with Gasteiger partial charge in [-0.25, -0.2) is 0 Å². The van der Waals surface area contributed by atoms with E-state index >= 15 is 0 Å². The molecule has 0 spiro atoms. The van der Waals surface area contributed by atoms with Crippen LogP contribution in [0, 0.1) is 0 Å². The number of aliphatic carboxylic acids is 1. The topological polar surface area (TPSA) is 67.8 Å². The van der Waals surface area contributed by atoms with E-state index < -0.39 is 11.5 Å². The van der Waals surface area contributed by atoms with Gasteiger partial charge >= 0.3 is 5.97 Å². The predicted molar refractivity (Wildman–Crippen MR) is 59.5 cm³/mol. The summed E-state index contributed by atoms with van der Waals surface area (Å²) < 4.78 is 10.2. The monoisotopic (exact) mass is 231 g/mol. The maximum atomic E-state index is 11.3. The van der Waals surface area contributed by atoms with Crippen LogP contribution in [0.5, 0.6) is 0 Å². The molecule has 94 valence electrons. The molecule has 0 amide bonds. The summed E-state index contributed by atoms with van der Waals surface area (Å²) in [5.41, 5.74) is -0.905. The Morgan fingerprint density at radius 1 is 1.56 bits per heavy atom. The van der Waals surface area contributed by atoms with E-state index in [0.29, 0.717) is 26.2 Å². The van der Waals surface area contributed by atoms with Crippen molar-refractivity contribution in [1.29, 1.82) is 0 Å². The molecule has 0 radical (unpaired) electrons. The molecule has 1 fully saturated rings. The number of rotatable bonds is 6. The largest absolute Gasteiger partial charge is 0.480 e. The lowest BCUT2D eigenvalue weighted by Gasteiger charge is -2.33. The molecule has 5 nitrogen and oxygen atoms in total. The first kappa shape index (κ1) is 13.4. The first-order valence-corrected chi connectivity index (χ1v) is 5.66. The number of ether oxygens (including phenoxy) is 2. The van der Waals surface area contributed by atoms with Gasteiger partial charge in [0.25, 0.3) is 0 Å². The molecule has 1 aliphatic rings. The molecule has 1 unspecified atom stereocenters. The Labute approximate surface area is 96.1 Å². The first-order chi connectivity index (χ1) is 7.58. The molecular weight excluding hydrogens is 210 g/mol. The minimum Gasteiger partial charge on any atom is -0.480 e. The fourth-order valence-corrected chi connectivity index (χ4v) is 1.84. The van der Waals surface area contributed by atoms with Crippen molar-refractivity contribution >= 4 is 5.97 Å². The molecule has 1 rings (SSSR count). The second kappa shape index (κ2) is 6.18. The maximum absolute atomic E-state index is 11.3. The van der Waals surface area contributed by atoms with Crippen LogP contribution < -0.4 is 5.32 Å². The Bertz CT molecular complexity index is 228. The minimum absolute atomic E-state index is 0.228. The molecule has 0 aromatic rings. The summed E-state index contributed by atoms with van der Waals surface area (Å²) in [5, 5.41) is 12.4. The molecular formula is C11H21NO4. The van der Waals surface area contributed by atoms with Crippen molar-refractivity contribution in [2.75, 3.05) is 26.9 Å². The van der Waals surface area contributed by atoms with Crippen LogP contribution in [0.25, 0.3) is 0 Å². The SMILES string of the molecule is COCCC(C)(NC1CCOCC1)C(=O)O. The Morgan fingerprint density at radius 2 is 2.19 bits per heavy atom. The van der Waals surface area contributed by atoms with Gasteiger partial charge in [0.05, 0.1) is 0 Å². The lowest BCUT2D eigenvalue weighted by atomic mass is 9.95. The normalized spacial score (nSPS) is 21.6. The van der Waals surface area contributed by atoms with E-state index in [9.17, 15) is 9.90 Å². The van der Waals surface area contributed by atoms with E-state index in [0.717, 1.165) is 12.8 Å². The molecule has 0 aliphatic carbocycles. The average Bonchev–Trinajstić information content (AvgIpc) is 2.27. The van der Waals surface area contributed by atoms with Gasteiger partial charge in [-0.05, 0) is 26.2 Å². The van der Waals surface area contributed by atoms with Gasteiger partial charge in [-0.2, -0.15) is 0 Å². The summed E-state index contributed by atoms with van der Waals surface area (Å²) in [6.07, 6.45) is 2.21. The molecule has 0 aromatic carbocycles. The van der Waals surface area contributed by atoms with Crippen LogP contribution in [0.4, 0.5) is 0 Å². The number of carbonyl (C=O) groups is 1. The molecule has 16 heavy (non-hydrogen) atoms. The zero-order chi connectivity index (χ0) is 12.0. The quantitative estimate of drug-likeness (QED) is 0.702. The average molecular weight is 231 g/mol. The third-order valence-electron chi connectivity index (χ3n) is 3.02. The highest BCUT2D eigenvalue weighted by atomic mass is 16.5. The van der Waals surface area contributed by atoms with Crippen molar-refractivity contribution in [3.05, 3.63) is 0 Å². The Balaban J connectivity index is 2.51.